The lowest BCUT2D eigenvalue weighted by Crippen LogP contribution is -1.90. The molecule has 2 aromatic carbocycles. The normalized spacial score (nSPS) is 10.1. The largest absolute Gasteiger partial charge is 0.456 e. The summed E-state index contributed by atoms with van der Waals surface area (Å²) in [5.41, 5.74) is 7.09. The fourth-order valence-corrected chi connectivity index (χ4v) is 1.79. The fraction of sp³-hybridized carbons (Fsp3) is 0.0714. The van der Waals surface area contributed by atoms with Crippen molar-refractivity contribution in [1.82, 2.24) is 0 Å². The SMILES string of the molecule is Nc1ccc(Oc2cccc(CC=O)c2)c(Cl)c1. The lowest BCUT2D eigenvalue weighted by molar-refractivity contribution is -0.107. The topological polar surface area (TPSA) is 52.3 Å². The zero-order valence-electron chi connectivity index (χ0n) is 9.60. The summed E-state index contributed by atoms with van der Waals surface area (Å²) in [5.74, 6) is 1.18. The molecule has 0 aliphatic rings. The third-order valence-electron chi connectivity index (χ3n) is 2.40. The van der Waals surface area contributed by atoms with Crippen molar-refractivity contribution in [2.45, 2.75) is 6.42 Å². The predicted octanol–water partition coefficient (Wildman–Crippen LogP) is 3.46. The number of hydrogen-bond acceptors (Lipinski definition) is 3. The molecule has 0 fully saturated rings. The van der Waals surface area contributed by atoms with E-state index in [2.05, 4.69) is 0 Å². The lowest BCUT2D eigenvalue weighted by Gasteiger charge is -2.08. The minimum atomic E-state index is 0.368. The van der Waals surface area contributed by atoms with Gasteiger partial charge in [0.1, 0.15) is 17.8 Å². The molecule has 0 bridgehead atoms. The molecule has 0 radical (unpaired) electrons. The van der Waals surface area contributed by atoms with Crippen LogP contribution in [0.4, 0.5) is 5.69 Å². The number of rotatable bonds is 4. The van der Waals surface area contributed by atoms with E-state index in [9.17, 15) is 4.79 Å². The highest BCUT2D eigenvalue weighted by Crippen LogP contribution is 2.31. The molecular formula is C14H12ClNO2. The van der Waals surface area contributed by atoms with E-state index in [0.717, 1.165) is 11.8 Å². The molecule has 4 heteroatoms. The van der Waals surface area contributed by atoms with Crippen LogP contribution < -0.4 is 10.5 Å². The van der Waals surface area contributed by atoms with Gasteiger partial charge in [-0.3, -0.25) is 0 Å². The molecule has 0 saturated heterocycles. The highest BCUT2D eigenvalue weighted by Gasteiger charge is 2.04. The Balaban J connectivity index is 2.22. The molecular weight excluding hydrogens is 250 g/mol. The average molecular weight is 262 g/mol. The van der Waals surface area contributed by atoms with Crippen molar-refractivity contribution in [2.24, 2.45) is 0 Å². The minimum Gasteiger partial charge on any atom is -0.456 e. The first-order valence-corrected chi connectivity index (χ1v) is 5.82. The molecule has 0 heterocycles. The minimum absolute atomic E-state index is 0.368. The van der Waals surface area contributed by atoms with Gasteiger partial charge in [-0.1, -0.05) is 23.7 Å². The van der Waals surface area contributed by atoms with E-state index in [0.29, 0.717) is 28.6 Å². The molecule has 2 N–H and O–H groups in total. The molecule has 0 aromatic heterocycles. The molecule has 0 amide bonds. The van der Waals surface area contributed by atoms with Gasteiger partial charge >= 0.3 is 0 Å². The Labute approximate surface area is 110 Å². The van der Waals surface area contributed by atoms with Gasteiger partial charge in [-0.15, -0.1) is 0 Å². The van der Waals surface area contributed by atoms with Crippen molar-refractivity contribution in [3.8, 4) is 11.5 Å². The molecule has 18 heavy (non-hydrogen) atoms. The van der Waals surface area contributed by atoms with Crippen LogP contribution in [0.2, 0.25) is 5.02 Å². The monoisotopic (exact) mass is 261 g/mol. The summed E-state index contributed by atoms with van der Waals surface area (Å²) in [7, 11) is 0. The van der Waals surface area contributed by atoms with Crippen molar-refractivity contribution in [3.05, 3.63) is 53.1 Å². The summed E-state index contributed by atoms with van der Waals surface area (Å²) in [5, 5.41) is 0.454. The van der Waals surface area contributed by atoms with Crippen molar-refractivity contribution in [1.29, 1.82) is 0 Å². The van der Waals surface area contributed by atoms with E-state index in [1.807, 2.05) is 12.1 Å². The molecule has 2 aromatic rings. The predicted molar refractivity (Wildman–Crippen MR) is 72.1 cm³/mol. The summed E-state index contributed by atoms with van der Waals surface area (Å²) in [6.45, 7) is 0. The van der Waals surface area contributed by atoms with Gasteiger partial charge in [0.15, 0.2) is 0 Å². The van der Waals surface area contributed by atoms with E-state index in [1.54, 1.807) is 30.3 Å². The molecule has 3 nitrogen and oxygen atoms in total. The second-order valence-electron chi connectivity index (χ2n) is 3.81. The third-order valence-corrected chi connectivity index (χ3v) is 2.70. The molecule has 0 spiro atoms. The molecule has 0 saturated carbocycles. The number of nitrogen functional groups attached to an aromatic ring is 1. The molecule has 0 atom stereocenters. The van der Waals surface area contributed by atoms with Crippen LogP contribution in [0, 0.1) is 0 Å². The van der Waals surface area contributed by atoms with E-state index in [-0.39, 0.29) is 0 Å². The van der Waals surface area contributed by atoms with Crippen molar-refractivity contribution < 1.29 is 9.53 Å². The summed E-state index contributed by atoms with van der Waals surface area (Å²) in [4.78, 5) is 10.5. The molecule has 0 aliphatic heterocycles. The van der Waals surface area contributed by atoms with E-state index >= 15 is 0 Å². The van der Waals surface area contributed by atoms with Crippen LogP contribution >= 0.6 is 11.6 Å². The van der Waals surface area contributed by atoms with Crippen molar-refractivity contribution >= 4 is 23.6 Å². The summed E-state index contributed by atoms with van der Waals surface area (Å²) < 4.78 is 5.65. The second-order valence-corrected chi connectivity index (χ2v) is 4.22. The number of aldehydes is 1. The van der Waals surface area contributed by atoms with E-state index in [1.165, 1.54) is 0 Å². The molecule has 92 valence electrons. The van der Waals surface area contributed by atoms with Crippen LogP contribution in [-0.4, -0.2) is 6.29 Å². The number of benzene rings is 2. The quantitative estimate of drug-likeness (QED) is 0.677. The van der Waals surface area contributed by atoms with Crippen LogP contribution in [-0.2, 0) is 11.2 Å². The third kappa shape index (κ3) is 3.02. The summed E-state index contributed by atoms with van der Waals surface area (Å²) >= 11 is 6.02. The maximum Gasteiger partial charge on any atom is 0.146 e. The first-order chi connectivity index (χ1) is 8.69. The van der Waals surface area contributed by atoms with Gasteiger partial charge in [0.2, 0.25) is 0 Å². The Kier molecular flexibility index (Phi) is 3.85. The van der Waals surface area contributed by atoms with E-state index in [4.69, 9.17) is 22.1 Å². The van der Waals surface area contributed by atoms with Crippen molar-refractivity contribution in [3.63, 3.8) is 0 Å². The van der Waals surface area contributed by atoms with Crippen molar-refractivity contribution in [2.75, 3.05) is 5.73 Å². The Morgan fingerprint density at radius 2 is 2.06 bits per heavy atom. The number of ether oxygens (including phenoxy) is 1. The lowest BCUT2D eigenvalue weighted by atomic mass is 10.1. The number of carbonyl (C=O) groups is 1. The average Bonchev–Trinajstić information content (AvgIpc) is 2.34. The Hall–Kier alpha value is -2.00. The number of carbonyl (C=O) groups excluding carboxylic acids is 1. The van der Waals surface area contributed by atoms with Gasteiger partial charge < -0.3 is 15.3 Å². The van der Waals surface area contributed by atoms with Gasteiger partial charge in [0, 0.05) is 12.1 Å². The maximum absolute atomic E-state index is 10.5. The zero-order chi connectivity index (χ0) is 13.0. The first-order valence-electron chi connectivity index (χ1n) is 5.44. The highest BCUT2D eigenvalue weighted by molar-refractivity contribution is 6.32. The highest BCUT2D eigenvalue weighted by atomic mass is 35.5. The molecule has 0 aliphatic carbocycles. The van der Waals surface area contributed by atoms with Crippen LogP contribution in [0.1, 0.15) is 5.56 Å². The zero-order valence-corrected chi connectivity index (χ0v) is 10.4. The number of anilines is 1. The fourth-order valence-electron chi connectivity index (χ4n) is 1.56. The molecule has 2 rings (SSSR count). The standard InChI is InChI=1S/C14H12ClNO2/c15-13-9-11(16)4-5-14(13)18-12-3-1-2-10(8-12)6-7-17/h1-5,7-9H,6,16H2. The Morgan fingerprint density at radius 3 is 2.78 bits per heavy atom. The van der Waals surface area contributed by atoms with E-state index < -0.39 is 0 Å². The smallest absolute Gasteiger partial charge is 0.146 e. The van der Waals surface area contributed by atoms with Crippen LogP contribution in [0.5, 0.6) is 11.5 Å². The van der Waals surface area contributed by atoms with Gasteiger partial charge in [-0.05, 0) is 35.9 Å². The number of nitrogens with two attached hydrogens (primary N) is 1. The summed E-state index contributed by atoms with van der Waals surface area (Å²) in [6.07, 6.45) is 1.22. The Morgan fingerprint density at radius 1 is 1.22 bits per heavy atom. The molecule has 0 unspecified atom stereocenters. The number of hydrogen-bond donors (Lipinski definition) is 1. The summed E-state index contributed by atoms with van der Waals surface area (Å²) in [6, 6.07) is 12.4. The van der Waals surface area contributed by atoms with Gasteiger partial charge in [-0.25, -0.2) is 0 Å². The van der Waals surface area contributed by atoms with Crippen LogP contribution in [0.3, 0.4) is 0 Å². The number of halogens is 1. The first kappa shape index (κ1) is 12.5. The van der Waals surface area contributed by atoms with Gasteiger partial charge in [-0.2, -0.15) is 0 Å². The Bertz CT molecular complexity index is 569. The van der Waals surface area contributed by atoms with Crippen LogP contribution in [0.25, 0.3) is 0 Å². The van der Waals surface area contributed by atoms with Crippen LogP contribution in [0.15, 0.2) is 42.5 Å². The second kappa shape index (κ2) is 5.56. The van der Waals surface area contributed by atoms with Gasteiger partial charge in [0.25, 0.3) is 0 Å². The van der Waals surface area contributed by atoms with Gasteiger partial charge in [0.05, 0.1) is 5.02 Å². The maximum atomic E-state index is 10.5.